The van der Waals surface area contributed by atoms with Gasteiger partial charge in [0.05, 0.1) is 29.3 Å². The SMILES string of the molecule is OC(Cc1ccncc1Cl)c1cncn1C1CC1. The molecule has 0 amide bonds. The molecule has 1 aliphatic carbocycles. The number of nitrogens with zero attached hydrogens (tertiary/aromatic N) is 3. The van der Waals surface area contributed by atoms with Crippen LogP contribution in [0.2, 0.25) is 5.02 Å². The smallest absolute Gasteiger partial charge is 0.0996 e. The van der Waals surface area contributed by atoms with E-state index < -0.39 is 6.10 Å². The maximum absolute atomic E-state index is 10.3. The maximum atomic E-state index is 10.3. The minimum atomic E-state index is -0.576. The second-order valence-corrected chi connectivity index (χ2v) is 5.05. The van der Waals surface area contributed by atoms with Crippen molar-refractivity contribution >= 4 is 11.6 Å². The highest BCUT2D eigenvalue weighted by Crippen LogP contribution is 2.37. The Bertz CT molecular complexity index is 551. The van der Waals surface area contributed by atoms with Crippen molar-refractivity contribution in [2.24, 2.45) is 0 Å². The molecule has 1 aliphatic rings. The Labute approximate surface area is 110 Å². The van der Waals surface area contributed by atoms with Crippen LogP contribution in [-0.2, 0) is 6.42 Å². The number of aliphatic hydroxyl groups is 1. The van der Waals surface area contributed by atoms with Gasteiger partial charge >= 0.3 is 0 Å². The summed E-state index contributed by atoms with van der Waals surface area (Å²) < 4.78 is 2.07. The standard InChI is InChI=1S/C13H14ClN3O/c14-11-6-15-4-3-9(11)5-13(18)12-7-16-8-17(12)10-1-2-10/h3-4,6-8,10,13,18H,1-2,5H2. The largest absolute Gasteiger partial charge is 0.386 e. The molecule has 0 aliphatic heterocycles. The van der Waals surface area contributed by atoms with Gasteiger partial charge < -0.3 is 9.67 Å². The van der Waals surface area contributed by atoms with E-state index in [0.717, 1.165) is 11.3 Å². The lowest BCUT2D eigenvalue weighted by Crippen LogP contribution is -2.08. The Hall–Kier alpha value is -1.39. The Morgan fingerprint density at radius 1 is 1.39 bits per heavy atom. The summed E-state index contributed by atoms with van der Waals surface area (Å²) in [5.74, 6) is 0. The lowest BCUT2D eigenvalue weighted by Gasteiger charge is -2.14. The third-order valence-electron chi connectivity index (χ3n) is 3.25. The molecule has 0 spiro atoms. The fraction of sp³-hybridized carbons (Fsp3) is 0.385. The minimum absolute atomic E-state index is 0.486. The zero-order chi connectivity index (χ0) is 12.5. The van der Waals surface area contributed by atoms with Crippen LogP contribution >= 0.6 is 11.6 Å². The first-order valence-corrected chi connectivity index (χ1v) is 6.41. The summed E-state index contributed by atoms with van der Waals surface area (Å²) in [6, 6.07) is 2.36. The van der Waals surface area contributed by atoms with Crippen LogP contribution in [0.4, 0.5) is 0 Å². The number of pyridine rings is 1. The van der Waals surface area contributed by atoms with Gasteiger partial charge in [0.15, 0.2) is 0 Å². The molecular weight excluding hydrogens is 250 g/mol. The maximum Gasteiger partial charge on any atom is 0.0996 e. The highest BCUT2D eigenvalue weighted by atomic mass is 35.5. The lowest BCUT2D eigenvalue weighted by molar-refractivity contribution is 0.168. The van der Waals surface area contributed by atoms with Gasteiger partial charge in [0.1, 0.15) is 0 Å². The summed E-state index contributed by atoms with van der Waals surface area (Å²) in [7, 11) is 0. The van der Waals surface area contributed by atoms with Crippen molar-refractivity contribution in [3.05, 3.63) is 47.3 Å². The quantitative estimate of drug-likeness (QED) is 0.922. The van der Waals surface area contributed by atoms with Crippen LogP contribution < -0.4 is 0 Å². The van der Waals surface area contributed by atoms with Crippen molar-refractivity contribution in [1.82, 2.24) is 14.5 Å². The number of hydrogen-bond donors (Lipinski definition) is 1. The summed E-state index contributed by atoms with van der Waals surface area (Å²) in [5, 5.41) is 10.9. The molecular formula is C13H14ClN3O. The van der Waals surface area contributed by atoms with Crippen molar-refractivity contribution in [2.75, 3.05) is 0 Å². The van der Waals surface area contributed by atoms with E-state index >= 15 is 0 Å². The zero-order valence-electron chi connectivity index (χ0n) is 9.83. The molecule has 3 rings (SSSR count). The Kier molecular flexibility index (Phi) is 3.06. The first-order valence-electron chi connectivity index (χ1n) is 6.04. The zero-order valence-corrected chi connectivity index (χ0v) is 10.6. The molecule has 0 aromatic carbocycles. The van der Waals surface area contributed by atoms with Crippen LogP contribution in [0.3, 0.4) is 0 Å². The van der Waals surface area contributed by atoms with E-state index in [1.807, 2.05) is 6.07 Å². The summed E-state index contributed by atoms with van der Waals surface area (Å²) >= 11 is 6.05. The molecule has 1 unspecified atom stereocenters. The van der Waals surface area contributed by atoms with Gasteiger partial charge in [-0.05, 0) is 24.5 Å². The Morgan fingerprint density at radius 3 is 2.94 bits per heavy atom. The number of hydrogen-bond acceptors (Lipinski definition) is 3. The Balaban J connectivity index is 1.80. The molecule has 2 aromatic heterocycles. The molecule has 1 N–H and O–H groups in total. The van der Waals surface area contributed by atoms with Gasteiger partial charge in [-0.1, -0.05) is 11.6 Å². The topological polar surface area (TPSA) is 50.9 Å². The van der Waals surface area contributed by atoms with Gasteiger partial charge in [0.2, 0.25) is 0 Å². The fourth-order valence-electron chi connectivity index (χ4n) is 2.11. The van der Waals surface area contributed by atoms with E-state index in [4.69, 9.17) is 11.6 Å². The van der Waals surface area contributed by atoms with Crippen molar-refractivity contribution in [3.8, 4) is 0 Å². The second kappa shape index (κ2) is 4.71. The van der Waals surface area contributed by atoms with Crippen LogP contribution in [0, 0.1) is 0 Å². The van der Waals surface area contributed by atoms with Crippen molar-refractivity contribution in [1.29, 1.82) is 0 Å². The van der Waals surface area contributed by atoms with E-state index in [-0.39, 0.29) is 0 Å². The summed E-state index contributed by atoms with van der Waals surface area (Å²) in [5.41, 5.74) is 1.77. The first-order chi connectivity index (χ1) is 8.75. The normalized spacial score (nSPS) is 16.8. The number of halogens is 1. The predicted octanol–water partition coefficient (Wildman–Crippen LogP) is 2.54. The monoisotopic (exact) mass is 263 g/mol. The van der Waals surface area contributed by atoms with Crippen molar-refractivity contribution in [2.45, 2.75) is 31.4 Å². The molecule has 1 saturated carbocycles. The average Bonchev–Trinajstić information content (AvgIpc) is 3.09. The predicted molar refractivity (Wildman–Crippen MR) is 68.4 cm³/mol. The molecule has 0 radical (unpaired) electrons. The average molecular weight is 264 g/mol. The number of aromatic nitrogens is 3. The Morgan fingerprint density at radius 2 is 2.22 bits per heavy atom. The van der Waals surface area contributed by atoms with Crippen LogP contribution in [0.1, 0.15) is 36.2 Å². The van der Waals surface area contributed by atoms with Gasteiger partial charge in [-0.3, -0.25) is 4.98 Å². The van der Waals surface area contributed by atoms with Crippen LogP contribution in [0.15, 0.2) is 31.0 Å². The van der Waals surface area contributed by atoms with Gasteiger partial charge in [-0.2, -0.15) is 0 Å². The molecule has 4 nitrogen and oxygen atoms in total. The van der Waals surface area contributed by atoms with Crippen LogP contribution in [-0.4, -0.2) is 19.6 Å². The van der Waals surface area contributed by atoms with Gasteiger partial charge in [0, 0.05) is 24.9 Å². The van der Waals surface area contributed by atoms with Crippen molar-refractivity contribution < 1.29 is 5.11 Å². The highest BCUT2D eigenvalue weighted by molar-refractivity contribution is 6.31. The lowest BCUT2D eigenvalue weighted by atomic mass is 10.1. The van der Waals surface area contributed by atoms with Gasteiger partial charge in [-0.25, -0.2) is 4.98 Å². The summed E-state index contributed by atoms with van der Waals surface area (Å²) in [6.45, 7) is 0. The molecule has 5 heteroatoms. The van der Waals surface area contributed by atoms with Crippen LogP contribution in [0.25, 0.3) is 0 Å². The molecule has 1 fully saturated rings. The molecule has 2 heterocycles. The molecule has 0 saturated heterocycles. The van der Waals surface area contributed by atoms with Gasteiger partial charge in [0.25, 0.3) is 0 Å². The molecule has 1 atom stereocenters. The molecule has 2 aromatic rings. The van der Waals surface area contributed by atoms with Crippen molar-refractivity contribution in [3.63, 3.8) is 0 Å². The van der Waals surface area contributed by atoms with Gasteiger partial charge in [-0.15, -0.1) is 0 Å². The second-order valence-electron chi connectivity index (χ2n) is 4.64. The van der Waals surface area contributed by atoms with E-state index in [1.165, 1.54) is 12.8 Å². The fourth-order valence-corrected chi connectivity index (χ4v) is 2.31. The number of rotatable bonds is 4. The summed E-state index contributed by atoms with van der Waals surface area (Å²) in [4.78, 5) is 8.07. The highest BCUT2D eigenvalue weighted by Gasteiger charge is 2.27. The minimum Gasteiger partial charge on any atom is -0.386 e. The van der Waals surface area contributed by atoms with E-state index in [1.54, 1.807) is 24.9 Å². The number of aliphatic hydroxyl groups excluding tert-OH is 1. The summed E-state index contributed by atoms with van der Waals surface area (Å²) in [6.07, 6.45) is 9.07. The third kappa shape index (κ3) is 2.26. The first kappa shape index (κ1) is 11.7. The van der Waals surface area contributed by atoms with Crippen LogP contribution in [0.5, 0.6) is 0 Å². The van der Waals surface area contributed by atoms with E-state index in [9.17, 15) is 5.11 Å². The molecule has 94 valence electrons. The molecule has 0 bridgehead atoms. The van der Waals surface area contributed by atoms with E-state index in [2.05, 4.69) is 14.5 Å². The number of imidazole rings is 1. The third-order valence-corrected chi connectivity index (χ3v) is 3.59. The van der Waals surface area contributed by atoms with E-state index in [0.29, 0.717) is 17.5 Å². The molecule has 18 heavy (non-hydrogen) atoms.